The van der Waals surface area contributed by atoms with Gasteiger partial charge in [-0.05, 0) is 5.56 Å². The molecule has 10 atom stereocenters. The van der Waals surface area contributed by atoms with Crippen molar-refractivity contribution in [3.63, 3.8) is 0 Å². The quantitative estimate of drug-likeness (QED) is 0.213. The van der Waals surface area contributed by atoms with E-state index in [0.717, 1.165) is 5.56 Å². The summed E-state index contributed by atoms with van der Waals surface area (Å²) in [7, 11) is 1.34. The zero-order chi connectivity index (χ0) is 25.7. The Hall–Kier alpha value is -2.20. The number of hydrogen-bond donors (Lipinski definition) is 6. The molecule has 2 saturated heterocycles. The number of carbonyl (C=O) groups excluding carboxylic acids is 1. The van der Waals surface area contributed by atoms with Crippen molar-refractivity contribution < 1.29 is 58.8 Å². The predicted octanol–water partition coefficient (Wildman–Crippen LogP) is -2.28. The van der Waals surface area contributed by atoms with Crippen LogP contribution in [0.2, 0.25) is 0 Å². The van der Waals surface area contributed by atoms with E-state index in [1.54, 1.807) is 12.1 Å². The molecule has 1 aromatic rings. The Kier molecular flexibility index (Phi) is 9.52. The van der Waals surface area contributed by atoms with Gasteiger partial charge in [-0.25, -0.2) is 4.79 Å². The van der Waals surface area contributed by atoms with Crippen LogP contribution in [0.15, 0.2) is 30.3 Å². The molecule has 0 spiro atoms. The molecule has 0 unspecified atom stereocenters. The maximum Gasteiger partial charge on any atom is 0.335 e. The van der Waals surface area contributed by atoms with E-state index in [1.165, 1.54) is 14.0 Å². The Labute approximate surface area is 201 Å². The summed E-state index contributed by atoms with van der Waals surface area (Å²) in [5, 5.41) is 52.5. The number of carboxylic acids is 1. The maximum atomic E-state index is 11.9. The van der Waals surface area contributed by atoms with E-state index in [-0.39, 0.29) is 6.61 Å². The van der Waals surface area contributed by atoms with E-state index in [1.807, 2.05) is 18.2 Å². The Morgan fingerprint density at radius 2 is 1.69 bits per heavy atom. The number of ether oxygens (including phenoxy) is 5. The van der Waals surface area contributed by atoms with Crippen LogP contribution in [0.1, 0.15) is 12.5 Å². The van der Waals surface area contributed by atoms with Crippen molar-refractivity contribution >= 4 is 11.9 Å². The van der Waals surface area contributed by atoms with Crippen LogP contribution in [-0.4, -0.2) is 112 Å². The summed E-state index contributed by atoms with van der Waals surface area (Å²) in [5.41, 5.74) is 0.785. The van der Waals surface area contributed by atoms with Gasteiger partial charge in [0.15, 0.2) is 18.7 Å². The molecule has 0 aromatic heterocycles. The van der Waals surface area contributed by atoms with Crippen molar-refractivity contribution in [2.24, 2.45) is 0 Å². The summed E-state index contributed by atoms with van der Waals surface area (Å²) in [6.45, 7) is 0.736. The summed E-state index contributed by atoms with van der Waals surface area (Å²) in [6, 6.07) is 8.11. The fraction of sp³-hybridized carbons (Fsp3) is 0.636. The highest BCUT2D eigenvalue weighted by atomic mass is 16.7. The standard InChI is InChI=1S/C22H31NO12/c1-10(25)23-13-18(32-9-11-6-4-3-5-7-11)17(12(8-24)33-21(13)31-2)34-22-16(28)14(26)15(27)19(35-22)20(29)30/h3-7,12-19,21-22,24,26-28H,8-9H2,1-2H3,(H,23,25)(H,29,30)/t12-,13-,14+,15+,16-,17-,18-,19+,21+,22-/m1/s1. The highest BCUT2D eigenvalue weighted by molar-refractivity contribution is 5.73. The molecule has 6 N–H and O–H groups in total. The summed E-state index contributed by atoms with van der Waals surface area (Å²) in [4.78, 5) is 23.4. The van der Waals surface area contributed by atoms with E-state index in [2.05, 4.69) is 5.32 Å². The third kappa shape index (κ3) is 6.33. The van der Waals surface area contributed by atoms with Crippen LogP contribution in [0.5, 0.6) is 0 Å². The van der Waals surface area contributed by atoms with Gasteiger partial charge in [-0.1, -0.05) is 30.3 Å². The molecular formula is C22H31NO12. The van der Waals surface area contributed by atoms with Crippen molar-refractivity contribution in [3.8, 4) is 0 Å². The van der Waals surface area contributed by atoms with Crippen LogP contribution in [-0.2, 0) is 39.9 Å². The zero-order valence-electron chi connectivity index (χ0n) is 19.2. The van der Waals surface area contributed by atoms with Gasteiger partial charge in [0.25, 0.3) is 0 Å². The number of methoxy groups -OCH3 is 1. The van der Waals surface area contributed by atoms with Gasteiger partial charge in [0.1, 0.15) is 42.7 Å². The predicted molar refractivity (Wildman–Crippen MR) is 115 cm³/mol. The van der Waals surface area contributed by atoms with E-state index >= 15 is 0 Å². The Morgan fingerprint density at radius 1 is 1.00 bits per heavy atom. The van der Waals surface area contributed by atoms with Gasteiger partial charge in [0, 0.05) is 14.0 Å². The first-order valence-electron chi connectivity index (χ1n) is 11.0. The zero-order valence-corrected chi connectivity index (χ0v) is 19.2. The number of aliphatic hydroxyl groups is 4. The first-order valence-corrected chi connectivity index (χ1v) is 11.0. The van der Waals surface area contributed by atoms with Crippen LogP contribution in [0.3, 0.4) is 0 Å². The minimum Gasteiger partial charge on any atom is -0.479 e. The number of aliphatic carboxylic acids is 1. The van der Waals surface area contributed by atoms with Crippen molar-refractivity contribution in [3.05, 3.63) is 35.9 Å². The lowest BCUT2D eigenvalue weighted by molar-refractivity contribution is -0.345. The number of nitrogens with one attached hydrogen (secondary N) is 1. The highest BCUT2D eigenvalue weighted by Gasteiger charge is 2.53. The molecule has 2 aliphatic heterocycles. The first kappa shape index (κ1) is 27.4. The normalized spacial score (nSPS) is 37.5. The number of aliphatic hydroxyl groups excluding tert-OH is 4. The van der Waals surface area contributed by atoms with Gasteiger partial charge in [0.05, 0.1) is 13.2 Å². The monoisotopic (exact) mass is 501 g/mol. The summed E-state index contributed by atoms with van der Waals surface area (Å²) in [5.74, 6) is -2.02. The molecule has 0 aliphatic carbocycles. The van der Waals surface area contributed by atoms with Crippen molar-refractivity contribution in [2.75, 3.05) is 13.7 Å². The van der Waals surface area contributed by atoms with E-state index in [0.29, 0.717) is 0 Å². The number of hydrogen-bond acceptors (Lipinski definition) is 11. The molecule has 1 amide bonds. The number of carbonyl (C=O) groups is 2. The Bertz CT molecular complexity index is 841. The van der Waals surface area contributed by atoms with E-state index in [9.17, 15) is 35.1 Å². The van der Waals surface area contributed by atoms with Gasteiger partial charge in [-0.3, -0.25) is 4.79 Å². The number of benzene rings is 1. The molecule has 2 heterocycles. The third-order valence-electron chi connectivity index (χ3n) is 5.82. The number of carboxylic acid groups (broad SMARTS) is 1. The van der Waals surface area contributed by atoms with Crippen molar-refractivity contribution in [1.82, 2.24) is 5.32 Å². The SMILES string of the molecule is CO[C@H]1O[C@H](CO)[C@@H](O[C@@H]2O[C@H](C(=O)O)[C@@H](O)[C@H](O)[C@H]2O)[C@H](OCc2ccccc2)[C@H]1NC(C)=O. The second-order valence-electron chi connectivity index (χ2n) is 8.28. The van der Waals surface area contributed by atoms with Crippen molar-refractivity contribution in [2.45, 2.75) is 74.9 Å². The average Bonchev–Trinajstić information content (AvgIpc) is 2.84. The molecule has 0 radical (unpaired) electrons. The molecule has 196 valence electrons. The van der Waals surface area contributed by atoms with Crippen LogP contribution in [0.4, 0.5) is 0 Å². The van der Waals surface area contributed by atoms with Gasteiger partial charge in [0.2, 0.25) is 5.91 Å². The molecule has 2 aliphatic rings. The highest BCUT2D eigenvalue weighted by Crippen LogP contribution is 2.31. The lowest BCUT2D eigenvalue weighted by Gasteiger charge is -2.48. The van der Waals surface area contributed by atoms with E-state index in [4.69, 9.17) is 23.7 Å². The van der Waals surface area contributed by atoms with Gasteiger partial charge >= 0.3 is 5.97 Å². The van der Waals surface area contributed by atoms with Crippen LogP contribution in [0.25, 0.3) is 0 Å². The minimum atomic E-state index is -1.91. The van der Waals surface area contributed by atoms with Gasteiger partial charge < -0.3 is 54.5 Å². The van der Waals surface area contributed by atoms with E-state index < -0.39 is 79.8 Å². The Balaban J connectivity index is 1.91. The van der Waals surface area contributed by atoms with Crippen molar-refractivity contribution in [1.29, 1.82) is 0 Å². The average molecular weight is 501 g/mol. The number of amides is 1. The lowest BCUT2D eigenvalue weighted by atomic mass is 9.95. The summed E-state index contributed by atoms with van der Waals surface area (Å²) < 4.78 is 28.2. The Morgan fingerprint density at radius 3 is 2.26 bits per heavy atom. The molecule has 1 aromatic carbocycles. The first-order chi connectivity index (χ1) is 16.7. The number of rotatable bonds is 9. The molecule has 35 heavy (non-hydrogen) atoms. The summed E-state index contributed by atoms with van der Waals surface area (Å²) in [6.07, 6.45) is -13.7. The minimum absolute atomic E-state index is 0.0587. The largest absolute Gasteiger partial charge is 0.479 e. The molecule has 3 rings (SSSR count). The maximum absolute atomic E-state index is 11.9. The second-order valence-corrected chi connectivity index (χ2v) is 8.28. The van der Waals surface area contributed by atoms with Crippen LogP contribution in [0, 0.1) is 0 Å². The second kappa shape index (κ2) is 12.2. The van der Waals surface area contributed by atoms with Gasteiger partial charge in [-0.2, -0.15) is 0 Å². The molecular weight excluding hydrogens is 470 g/mol. The fourth-order valence-corrected chi connectivity index (χ4v) is 4.09. The summed E-state index contributed by atoms with van der Waals surface area (Å²) >= 11 is 0. The smallest absolute Gasteiger partial charge is 0.335 e. The molecule has 13 nitrogen and oxygen atoms in total. The fourth-order valence-electron chi connectivity index (χ4n) is 4.09. The van der Waals surface area contributed by atoms with Crippen LogP contribution >= 0.6 is 0 Å². The molecule has 2 fully saturated rings. The molecule has 13 heteroatoms. The third-order valence-corrected chi connectivity index (χ3v) is 5.82. The van der Waals surface area contributed by atoms with Crippen LogP contribution < -0.4 is 5.32 Å². The molecule has 0 saturated carbocycles. The molecule has 0 bridgehead atoms. The lowest BCUT2D eigenvalue weighted by Crippen LogP contribution is -2.68. The van der Waals surface area contributed by atoms with Gasteiger partial charge in [-0.15, -0.1) is 0 Å². The topological polar surface area (TPSA) is 193 Å².